The Labute approximate surface area is 70.7 Å². The molecular formula is C5H9NO2S2. The van der Waals surface area contributed by atoms with Crippen molar-refractivity contribution in [2.24, 2.45) is 0 Å². The molecule has 10 heavy (non-hydrogen) atoms. The van der Waals surface area contributed by atoms with Crippen LogP contribution in [-0.4, -0.2) is 24.1 Å². The van der Waals surface area contributed by atoms with Crippen LogP contribution < -0.4 is 5.32 Å². The number of rotatable bonds is 1. The Hall–Kier alpha value is -0.420. The van der Waals surface area contributed by atoms with Crippen LogP contribution >= 0.6 is 24.4 Å². The molecule has 0 amide bonds. The molecule has 0 rings (SSSR count). The normalized spacial score (nSPS) is 8.20. The van der Waals surface area contributed by atoms with Crippen LogP contribution in [0, 0.1) is 0 Å². The van der Waals surface area contributed by atoms with Gasteiger partial charge in [0.05, 0.1) is 13.7 Å². The van der Waals surface area contributed by atoms with Gasteiger partial charge in [0.1, 0.15) is 0 Å². The van der Waals surface area contributed by atoms with Gasteiger partial charge in [0.25, 0.3) is 10.3 Å². The van der Waals surface area contributed by atoms with Gasteiger partial charge in [-0.1, -0.05) is 0 Å². The zero-order valence-electron chi connectivity index (χ0n) is 5.84. The van der Waals surface area contributed by atoms with Gasteiger partial charge in [0.15, 0.2) is 0 Å². The summed E-state index contributed by atoms with van der Waals surface area (Å²) in [7, 11) is 1.46. The first-order valence-electron chi connectivity index (χ1n) is 2.72. The van der Waals surface area contributed by atoms with Gasteiger partial charge in [0, 0.05) is 0 Å². The number of methoxy groups -OCH3 is 1. The first kappa shape index (κ1) is 9.58. The van der Waals surface area contributed by atoms with Crippen molar-refractivity contribution in [3.8, 4) is 0 Å². The summed E-state index contributed by atoms with van der Waals surface area (Å²) >= 11 is 9.34. The Morgan fingerprint density at radius 2 is 2.00 bits per heavy atom. The molecule has 0 aliphatic heterocycles. The lowest BCUT2D eigenvalue weighted by atomic mass is 10.9. The molecule has 0 aromatic rings. The molecule has 58 valence electrons. The molecule has 0 atom stereocenters. The SMILES string of the molecule is CCOC(=S)NC(=S)OC. The lowest BCUT2D eigenvalue weighted by Gasteiger charge is -2.06. The smallest absolute Gasteiger partial charge is 0.264 e. The number of nitrogens with one attached hydrogen (secondary N) is 1. The molecule has 0 saturated heterocycles. The van der Waals surface area contributed by atoms with Crippen LogP contribution in [0.4, 0.5) is 0 Å². The van der Waals surface area contributed by atoms with E-state index in [9.17, 15) is 0 Å². The molecule has 0 spiro atoms. The summed E-state index contributed by atoms with van der Waals surface area (Å²) in [6.45, 7) is 2.36. The molecular weight excluding hydrogens is 170 g/mol. The Kier molecular flexibility index (Phi) is 5.15. The van der Waals surface area contributed by atoms with E-state index in [0.29, 0.717) is 6.61 Å². The quantitative estimate of drug-likeness (QED) is 0.602. The summed E-state index contributed by atoms with van der Waals surface area (Å²) < 4.78 is 9.49. The van der Waals surface area contributed by atoms with Gasteiger partial charge in [-0.05, 0) is 31.4 Å². The van der Waals surface area contributed by atoms with Crippen molar-refractivity contribution in [2.45, 2.75) is 6.92 Å². The topological polar surface area (TPSA) is 30.5 Å². The predicted octanol–water partition coefficient (Wildman–Crippen LogP) is 0.829. The van der Waals surface area contributed by atoms with E-state index < -0.39 is 0 Å². The molecule has 0 unspecified atom stereocenters. The van der Waals surface area contributed by atoms with Crippen LogP contribution in [0.2, 0.25) is 0 Å². The number of thiocarbonyl (C=S) groups is 2. The zero-order chi connectivity index (χ0) is 7.98. The second kappa shape index (κ2) is 5.37. The van der Waals surface area contributed by atoms with Crippen LogP contribution in [0.5, 0.6) is 0 Å². The fourth-order valence-electron chi connectivity index (χ4n) is 0.302. The fraction of sp³-hybridized carbons (Fsp3) is 0.600. The first-order valence-corrected chi connectivity index (χ1v) is 3.54. The van der Waals surface area contributed by atoms with E-state index in [4.69, 9.17) is 17.0 Å². The molecule has 0 bridgehead atoms. The Bertz CT molecular complexity index is 138. The van der Waals surface area contributed by atoms with Crippen molar-refractivity contribution < 1.29 is 9.47 Å². The monoisotopic (exact) mass is 179 g/mol. The van der Waals surface area contributed by atoms with Crippen molar-refractivity contribution in [1.82, 2.24) is 5.32 Å². The lowest BCUT2D eigenvalue weighted by molar-refractivity contribution is 0.320. The second-order valence-corrected chi connectivity index (χ2v) is 2.08. The van der Waals surface area contributed by atoms with Crippen molar-refractivity contribution in [1.29, 1.82) is 0 Å². The number of hydrogen-bond acceptors (Lipinski definition) is 4. The van der Waals surface area contributed by atoms with E-state index in [1.54, 1.807) is 0 Å². The second-order valence-electron chi connectivity index (χ2n) is 1.34. The van der Waals surface area contributed by atoms with E-state index in [0.717, 1.165) is 0 Å². The summed E-state index contributed by atoms with van der Waals surface area (Å²) in [5, 5.41) is 3.01. The molecule has 0 aliphatic rings. The standard InChI is InChI=1S/C5H9NO2S2/c1-3-8-5(10)6-4(9)7-2/h3H2,1-2H3,(H,6,9,10). The molecule has 0 heterocycles. The van der Waals surface area contributed by atoms with E-state index in [2.05, 4.69) is 22.3 Å². The third-order valence-corrected chi connectivity index (χ3v) is 1.15. The van der Waals surface area contributed by atoms with E-state index in [1.165, 1.54) is 7.11 Å². The third-order valence-electron chi connectivity index (χ3n) is 0.665. The maximum absolute atomic E-state index is 4.87. The van der Waals surface area contributed by atoms with Gasteiger partial charge >= 0.3 is 0 Å². The van der Waals surface area contributed by atoms with Crippen molar-refractivity contribution in [2.75, 3.05) is 13.7 Å². The predicted molar refractivity (Wildman–Crippen MR) is 47.0 cm³/mol. The maximum atomic E-state index is 4.87. The molecule has 3 nitrogen and oxygen atoms in total. The van der Waals surface area contributed by atoms with Gasteiger partial charge in [0.2, 0.25) is 0 Å². The highest BCUT2D eigenvalue weighted by atomic mass is 32.1. The van der Waals surface area contributed by atoms with Crippen LogP contribution in [0.1, 0.15) is 6.92 Å². The Morgan fingerprint density at radius 1 is 1.40 bits per heavy atom. The van der Waals surface area contributed by atoms with Gasteiger partial charge in [-0.25, -0.2) is 0 Å². The highest BCUT2D eigenvalue weighted by Crippen LogP contribution is 1.79. The molecule has 0 radical (unpaired) electrons. The molecule has 1 N–H and O–H groups in total. The van der Waals surface area contributed by atoms with Crippen molar-refractivity contribution in [3.63, 3.8) is 0 Å². The Balaban J connectivity index is 3.47. The molecule has 0 aliphatic carbocycles. The minimum absolute atomic E-state index is 0.221. The molecule has 0 aromatic carbocycles. The van der Waals surface area contributed by atoms with Crippen LogP contribution in [0.15, 0.2) is 0 Å². The van der Waals surface area contributed by atoms with Gasteiger partial charge in [-0.3, -0.25) is 5.32 Å². The van der Waals surface area contributed by atoms with Gasteiger partial charge in [-0.2, -0.15) is 0 Å². The molecule has 0 saturated carbocycles. The van der Waals surface area contributed by atoms with Gasteiger partial charge < -0.3 is 9.47 Å². The van der Waals surface area contributed by atoms with Crippen LogP contribution in [-0.2, 0) is 9.47 Å². The number of hydrogen-bond donors (Lipinski definition) is 1. The van der Waals surface area contributed by atoms with Gasteiger partial charge in [-0.15, -0.1) is 0 Å². The molecule has 5 heteroatoms. The largest absolute Gasteiger partial charge is 0.474 e. The fourth-order valence-corrected chi connectivity index (χ4v) is 0.669. The minimum atomic E-state index is 0.221. The lowest BCUT2D eigenvalue weighted by Crippen LogP contribution is -2.30. The summed E-state index contributed by atoms with van der Waals surface area (Å²) in [5.41, 5.74) is 0. The minimum Gasteiger partial charge on any atom is -0.474 e. The highest BCUT2D eigenvalue weighted by molar-refractivity contribution is 7.81. The summed E-state index contributed by atoms with van der Waals surface area (Å²) in [6, 6.07) is 0. The molecule has 0 fully saturated rings. The maximum Gasteiger partial charge on any atom is 0.264 e. The van der Waals surface area contributed by atoms with E-state index in [1.807, 2.05) is 6.92 Å². The van der Waals surface area contributed by atoms with E-state index in [-0.39, 0.29) is 10.3 Å². The average molecular weight is 179 g/mol. The summed E-state index contributed by atoms with van der Waals surface area (Å²) in [6.07, 6.45) is 0. The molecule has 0 aromatic heterocycles. The zero-order valence-corrected chi connectivity index (χ0v) is 7.47. The van der Waals surface area contributed by atoms with E-state index >= 15 is 0 Å². The van der Waals surface area contributed by atoms with Crippen LogP contribution in [0.3, 0.4) is 0 Å². The summed E-state index contributed by atoms with van der Waals surface area (Å²) in [5.74, 6) is 0. The third kappa shape index (κ3) is 4.46. The average Bonchev–Trinajstić information content (AvgIpc) is 1.88. The van der Waals surface area contributed by atoms with Crippen molar-refractivity contribution in [3.05, 3.63) is 0 Å². The van der Waals surface area contributed by atoms with Crippen LogP contribution in [0.25, 0.3) is 0 Å². The Morgan fingerprint density at radius 3 is 2.40 bits per heavy atom. The summed E-state index contributed by atoms with van der Waals surface area (Å²) in [4.78, 5) is 0. The number of ether oxygens (including phenoxy) is 2. The highest BCUT2D eigenvalue weighted by Gasteiger charge is 1.97. The first-order chi connectivity index (χ1) is 4.70. The van der Waals surface area contributed by atoms with Crippen molar-refractivity contribution >= 4 is 34.8 Å².